The van der Waals surface area contributed by atoms with Gasteiger partial charge in [-0.25, -0.2) is 13.1 Å². The van der Waals surface area contributed by atoms with Gasteiger partial charge in [0.1, 0.15) is 4.90 Å². The second-order valence-corrected chi connectivity index (χ2v) is 7.19. The average Bonchev–Trinajstić information content (AvgIpc) is 3.17. The molecule has 0 aromatic heterocycles. The molecule has 6 nitrogen and oxygen atoms in total. The predicted octanol–water partition coefficient (Wildman–Crippen LogP) is 1.27. The summed E-state index contributed by atoms with van der Waals surface area (Å²) in [5, 5.41) is 9.24. The van der Waals surface area contributed by atoms with Gasteiger partial charge < -0.3 is 14.6 Å². The van der Waals surface area contributed by atoms with Crippen molar-refractivity contribution in [2.24, 2.45) is 0 Å². The monoisotopic (exact) mass is 365 g/mol. The number of aliphatic hydroxyl groups is 1. The van der Waals surface area contributed by atoms with E-state index in [0.29, 0.717) is 28.8 Å². The summed E-state index contributed by atoms with van der Waals surface area (Å²) in [4.78, 5) is 0.0508. The van der Waals surface area contributed by atoms with E-state index in [1.165, 1.54) is 26.4 Å². The standard InChI is InChI=1S/C12H16BrNO5S/c1-18-9-5-8(13)11(6-10(9)19-2)20(16,17)14-12(7-15)3-4-12/h5-6,14-15H,3-4,7H2,1-2H3. The van der Waals surface area contributed by atoms with Gasteiger partial charge in [0.05, 0.1) is 26.4 Å². The van der Waals surface area contributed by atoms with Gasteiger partial charge in [-0.2, -0.15) is 0 Å². The molecule has 0 heterocycles. The zero-order valence-electron chi connectivity index (χ0n) is 11.1. The van der Waals surface area contributed by atoms with Crippen LogP contribution in [0.3, 0.4) is 0 Å². The number of benzene rings is 1. The predicted molar refractivity (Wildman–Crippen MR) is 76.6 cm³/mol. The van der Waals surface area contributed by atoms with E-state index < -0.39 is 15.6 Å². The Morgan fingerprint density at radius 1 is 1.30 bits per heavy atom. The van der Waals surface area contributed by atoms with E-state index in [2.05, 4.69) is 20.7 Å². The number of methoxy groups -OCH3 is 2. The highest BCUT2D eigenvalue weighted by Crippen LogP contribution is 2.39. The fourth-order valence-corrected chi connectivity index (χ4v) is 4.31. The summed E-state index contributed by atoms with van der Waals surface area (Å²) < 4.78 is 37.9. The Balaban J connectivity index is 2.41. The molecule has 20 heavy (non-hydrogen) atoms. The molecule has 0 saturated heterocycles. The maximum Gasteiger partial charge on any atom is 0.242 e. The summed E-state index contributed by atoms with van der Waals surface area (Å²) in [6.07, 6.45) is 1.27. The lowest BCUT2D eigenvalue weighted by Crippen LogP contribution is -2.39. The van der Waals surface area contributed by atoms with Gasteiger partial charge in [-0.3, -0.25) is 0 Å². The van der Waals surface area contributed by atoms with Crippen molar-refractivity contribution < 1.29 is 23.0 Å². The van der Waals surface area contributed by atoms with Gasteiger partial charge in [0, 0.05) is 10.5 Å². The molecule has 1 saturated carbocycles. The third kappa shape index (κ3) is 2.93. The highest BCUT2D eigenvalue weighted by Gasteiger charge is 2.46. The topological polar surface area (TPSA) is 84.9 Å². The van der Waals surface area contributed by atoms with Gasteiger partial charge in [-0.05, 0) is 34.8 Å². The Kier molecular flexibility index (Phi) is 4.29. The van der Waals surface area contributed by atoms with Crippen molar-refractivity contribution in [2.75, 3.05) is 20.8 Å². The number of hydrogen-bond donors (Lipinski definition) is 2. The molecule has 1 fully saturated rings. The zero-order chi connectivity index (χ0) is 15.0. The number of halogens is 1. The number of aliphatic hydroxyl groups excluding tert-OH is 1. The van der Waals surface area contributed by atoms with Crippen LogP contribution >= 0.6 is 15.9 Å². The van der Waals surface area contributed by atoms with Gasteiger partial charge in [0.15, 0.2) is 11.5 Å². The molecule has 2 N–H and O–H groups in total. The minimum absolute atomic E-state index is 0.0508. The summed E-state index contributed by atoms with van der Waals surface area (Å²) in [6.45, 7) is -0.211. The smallest absolute Gasteiger partial charge is 0.242 e. The van der Waals surface area contributed by atoms with E-state index >= 15 is 0 Å². The third-order valence-electron chi connectivity index (χ3n) is 3.23. The number of ether oxygens (including phenoxy) is 2. The van der Waals surface area contributed by atoms with Crippen molar-refractivity contribution in [2.45, 2.75) is 23.3 Å². The highest BCUT2D eigenvalue weighted by molar-refractivity contribution is 9.10. The van der Waals surface area contributed by atoms with E-state index in [0.717, 1.165) is 0 Å². The molecule has 0 bridgehead atoms. The first-order valence-electron chi connectivity index (χ1n) is 5.94. The molecular weight excluding hydrogens is 350 g/mol. The summed E-state index contributed by atoms with van der Waals surface area (Å²) in [5.74, 6) is 0.756. The Morgan fingerprint density at radius 2 is 1.85 bits per heavy atom. The fourth-order valence-electron chi connectivity index (χ4n) is 1.82. The van der Waals surface area contributed by atoms with Gasteiger partial charge >= 0.3 is 0 Å². The van der Waals surface area contributed by atoms with Gasteiger partial charge in [0.2, 0.25) is 10.0 Å². The molecule has 1 aliphatic rings. The highest BCUT2D eigenvalue weighted by atomic mass is 79.9. The van der Waals surface area contributed by atoms with Crippen LogP contribution in [0.5, 0.6) is 11.5 Å². The second-order valence-electron chi connectivity index (χ2n) is 4.68. The van der Waals surface area contributed by atoms with Gasteiger partial charge in [-0.1, -0.05) is 0 Å². The van der Waals surface area contributed by atoms with E-state index in [4.69, 9.17) is 9.47 Å². The Morgan fingerprint density at radius 3 is 2.30 bits per heavy atom. The molecule has 0 atom stereocenters. The SMILES string of the molecule is COc1cc(Br)c(S(=O)(=O)NC2(CO)CC2)cc1OC. The van der Waals surface area contributed by atoms with E-state index in [1.807, 2.05) is 0 Å². The Bertz CT molecular complexity index is 613. The lowest BCUT2D eigenvalue weighted by molar-refractivity contribution is 0.246. The van der Waals surface area contributed by atoms with Gasteiger partial charge in [-0.15, -0.1) is 0 Å². The molecule has 0 unspecified atom stereocenters. The van der Waals surface area contributed by atoms with Crippen molar-refractivity contribution in [3.05, 3.63) is 16.6 Å². The van der Waals surface area contributed by atoms with Crippen LogP contribution in [-0.2, 0) is 10.0 Å². The fraction of sp³-hybridized carbons (Fsp3) is 0.500. The number of hydrogen-bond acceptors (Lipinski definition) is 5. The summed E-state index contributed by atoms with van der Waals surface area (Å²) in [6, 6.07) is 2.92. The van der Waals surface area contributed by atoms with Crippen LogP contribution in [-0.4, -0.2) is 39.9 Å². The Hall–Kier alpha value is -0.830. The molecular formula is C12H16BrNO5S. The number of rotatable bonds is 6. The molecule has 1 aromatic carbocycles. The lowest BCUT2D eigenvalue weighted by atomic mass is 10.3. The second kappa shape index (κ2) is 5.51. The normalized spacial score (nSPS) is 16.8. The summed E-state index contributed by atoms with van der Waals surface area (Å²) in [7, 11) is -0.838. The van der Waals surface area contributed by atoms with Crippen molar-refractivity contribution in [3.63, 3.8) is 0 Å². The average molecular weight is 366 g/mol. The quantitative estimate of drug-likeness (QED) is 0.792. The van der Waals surface area contributed by atoms with Crippen LogP contribution < -0.4 is 14.2 Å². The van der Waals surface area contributed by atoms with Crippen molar-refractivity contribution >= 4 is 26.0 Å². The number of sulfonamides is 1. The maximum absolute atomic E-state index is 12.4. The van der Waals surface area contributed by atoms with Crippen LogP contribution in [0.2, 0.25) is 0 Å². The largest absolute Gasteiger partial charge is 0.493 e. The molecule has 0 aliphatic heterocycles. The maximum atomic E-state index is 12.4. The Labute approximate surface area is 126 Å². The molecule has 1 aromatic rings. The molecule has 112 valence electrons. The van der Waals surface area contributed by atoms with Crippen LogP contribution in [0.15, 0.2) is 21.5 Å². The zero-order valence-corrected chi connectivity index (χ0v) is 13.5. The minimum atomic E-state index is -3.75. The van der Waals surface area contributed by atoms with Crippen LogP contribution in [0.25, 0.3) is 0 Å². The van der Waals surface area contributed by atoms with E-state index in [-0.39, 0.29) is 11.5 Å². The van der Waals surface area contributed by atoms with Crippen molar-refractivity contribution in [3.8, 4) is 11.5 Å². The first-order chi connectivity index (χ1) is 9.37. The van der Waals surface area contributed by atoms with Gasteiger partial charge in [0.25, 0.3) is 0 Å². The lowest BCUT2D eigenvalue weighted by Gasteiger charge is -2.17. The van der Waals surface area contributed by atoms with Crippen molar-refractivity contribution in [1.29, 1.82) is 0 Å². The molecule has 0 radical (unpaired) electrons. The minimum Gasteiger partial charge on any atom is -0.493 e. The summed E-state index contributed by atoms with van der Waals surface area (Å²) in [5.41, 5.74) is -0.717. The molecule has 1 aliphatic carbocycles. The van der Waals surface area contributed by atoms with Crippen LogP contribution in [0.4, 0.5) is 0 Å². The third-order valence-corrected chi connectivity index (χ3v) is 5.77. The molecule has 8 heteroatoms. The first kappa shape index (κ1) is 15.6. The number of nitrogens with one attached hydrogen (secondary N) is 1. The molecule has 0 spiro atoms. The first-order valence-corrected chi connectivity index (χ1v) is 8.21. The molecule has 2 rings (SSSR count). The van der Waals surface area contributed by atoms with E-state index in [9.17, 15) is 13.5 Å². The van der Waals surface area contributed by atoms with Crippen LogP contribution in [0, 0.1) is 0 Å². The van der Waals surface area contributed by atoms with Crippen LogP contribution in [0.1, 0.15) is 12.8 Å². The molecule has 0 amide bonds. The van der Waals surface area contributed by atoms with E-state index in [1.54, 1.807) is 0 Å². The summed E-state index contributed by atoms with van der Waals surface area (Å²) >= 11 is 3.22. The van der Waals surface area contributed by atoms with Crippen molar-refractivity contribution in [1.82, 2.24) is 4.72 Å².